The molecule has 4 nitrogen and oxygen atoms in total. The number of fused-ring (bicyclic) bond motifs is 1. The molecule has 24 heavy (non-hydrogen) atoms. The van der Waals surface area contributed by atoms with Crippen LogP contribution in [0.25, 0.3) is 10.9 Å². The first-order valence-corrected chi connectivity index (χ1v) is 8.99. The molecule has 122 valence electrons. The summed E-state index contributed by atoms with van der Waals surface area (Å²) in [5.74, 6) is 1.12. The van der Waals surface area contributed by atoms with E-state index < -0.39 is 0 Å². The van der Waals surface area contributed by atoms with E-state index in [2.05, 4.69) is 28.2 Å². The molecule has 1 aliphatic heterocycles. The van der Waals surface area contributed by atoms with Gasteiger partial charge in [0.1, 0.15) is 5.75 Å². The Morgan fingerprint density at radius 3 is 2.71 bits per heavy atom. The van der Waals surface area contributed by atoms with E-state index in [1.165, 1.54) is 16.5 Å². The van der Waals surface area contributed by atoms with E-state index in [1.54, 1.807) is 23.9 Å². The lowest BCUT2D eigenvalue weighted by Crippen LogP contribution is -2.23. The normalized spacial score (nSPS) is 17.3. The lowest BCUT2D eigenvalue weighted by atomic mass is 10.1. The van der Waals surface area contributed by atoms with E-state index in [4.69, 9.17) is 0 Å². The number of phenolic OH excluding ortho intramolecular Hbond substituents is 1. The Labute approximate surface area is 144 Å². The van der Waals surface area contributed by atoms with Gasteiger partial charge in [0, 0.05) is 23.6 Å². The van der Waals surface area contributed by atoms with Crippen molar-refractivity contribution in [2.75, 3.05) is 5.88 Å². The molecule has 2 N–H and O–H groups in total. The third kappa shape index (κ3) is 2.87. The van der Waals surface area contributed by atoms with Crippen LogP contribution in [0.2, 0.25) is 0 Å². The van der Waals surface area contributed by atoms with Crippen LogP contribution in [0.5, 0.6) is 5.75 Å². The number of thioether (sulfide) groups is 1. The quantitative estimate of drug-likeness (QED) is 0.768. The van der Waals surface area contributed by atoms with E-state index in [0.717, 1.165) is 18.5 Å². The maximum Gasteiger partial charge on any atom is 0.234 e. The smallest absolute Gasteiger partial charge is 0.234 e. The van der Waals surface area contributed by atoms with Crippen LogP contribution in [0.1, 0.15) is 11.1 Å². The number of benzene rings is 2. The molecule has 1 saturated heterocycles. The van der Waals surface area contributed by atoms with Crippen molar-refractivity contribution in [1.82, 2.24) is 9.88 Å². The fourth-order valence-electron chi connectivity index (χ4n) is 3.17. The molecular formula is C19H18N2O2S. The van der Waals surface area contributed by atoms with Crippen molar-refractivity contribution in [3.05, 3.63) is 65.9 Å². The molecule has 1 unspecified atom stereocenters. The minimum atomic E-state index is -0.00192. The van der Waals surface area contributed by atoms with Gasteiger partial charge < -0.3 is 15.0 Å². The fraction of sp³-hybridized carbons (Fsp3) is 0.211. The standard InChI is InChI=1S/C19H18N2O2S/c22-15-7-5-13(6-8-15)10-21-11-14(9-18-19(23)20-12-24-18)16-3-1-2-4-17(16)21/h1-8,11,18,22H,9-10,12H2,(H,20,23). The van der Waals surface area contributed by atoms with Crippen LogP contribution in [0.4, 0.5) is 0 Å². The van der Waals surface area contributed by atoms with Crippen molar-refractivity contribution < 1.29 is 9.90 Å². The van der Waals surface area contributed by atoms with E-state index >= 15 is 0 Å². The Hall–Kier alpha value is -2.40. The first-order chi connectivity index (χ1) is 11.7. The van der Waals surface area contributed by atoms with Crippen molar-refractivity contribution >= 4 is 28.6 Å². The van der Waals surface area contributed by atoms with Crippen molar-refractivity contribution in [2.24, 2.45) is 0 Å². The van der Waals surface area contributed by atoms with Crippen LogP contribution in [-0.4, -0.2) is 26.7 Å². The second kappa shape index (κ2) is 6.24. The SMILES string of the molecule is O=C1NCSC1Cc1cn(Cc2ccc(O)cc2)c2ccccc12. The highest BCUT2D eigenvalue weighted by molar-refractivity contribution is 8.01. The zero-order valence-corrected chi connectivity index (χ0v) is 13.9. The van der Waals surface area contributed by atoms with Gasteiger partial charge in [0.25, 0.3) is 0 Å². The molecule has 1 fully saturated rings. The molecule has 3 aromatic rings. The predicted octanol–water partition coefficient (Wildman–Crippen LogP) is 3.13. The minimum Gasteiger partial charge on any atom is -0.508 e. The summed E-state index contributed by atoms with van der Waals surface area (Å²) in [5, 5.41) is 13.5. The highest BCUT2D eigenvalue weighted by Gasteiger charge is 2.26. The number of aromatic hydroxyl groups is 1. The van der Waals surface area contributed by atoms with E-state index in [9.17, 15) is 9.90 Å². The molecular weight excluding hydrogens is 320 g/mol. The van der Waals surface area contributed by atoms with Crippen LogP contribution in [-0.2, 0) is 17.8 Å². The van der Waals surface area contributed by atoms with Crippen molar-refractivity contribution in [3.8, 4) is 5.75 Å². The number of hydrogen-bond donors (Lipinski definition) is 2. The van der Waals surface area contributed by atoms with Gasteiger partial charge in [-0.3, -0.25) is 4.79 Å². The Bertz CT molecular complexity index is 886. The maximum atomic E-state index is 11.9. The van der Waals surface area contributed by atoms with Gasteiger partial charge in [0.05, 0.1) is 11.1 Å². The Morgan fingerprint density at radius 2 is 1.96 bits per heavy atom. The van der Waals surface area contributed by atoms with Crippen LogP contribution in [0, 0.1) is 0 Å². The highest BCUT2D eigenvalue weighted by Crippen LogP contribution is 2.28. The van der Waals surface area contributed by atoms with E-state index in [0.29, 0.717) is 5.88 Å². The lowest BCUT2D eigenvalue weighted by Gasteiger charge is -2.06. The molecule has 0 saturated carbocycles. The monoisotopic (exact) mass is 338 g/mol. The molecule has 1 atom stereocenters. The number of rotatable bonds is 4. The number of nitrogens with one attached hydrogen (secondary N) is 1. The summed E-state index contributed by atoms with van der Waals surface area (Å²) >= 11 is 1.67. The molecule has 1 aromatic heterocycles. The zero-order valence-electron chi connectivity index (χ0n) is 13.1. The molecule has 1 aliphatic rings. The third-order valence-electron chi connectivity index (χ3n) is 4.39. The van der Waals surface area contributed by atoms with E-state index in [-0.39, 0.29) is 16.9 Å². The molecule has 0 spiro atoms. The maximum absolute atomic E-state index is 11.9. The topological polar surface area (TPSA) is 54.3 Å². The summed E-state index contributed by atoms with van der Waals surface area (Å²) in [7, 11) is 0. The number of nitrogens with zero attached hydrogens (tertiary/aromatic N) is 1. The molecule has 0 aliphatic carbocycles. The minimum absolute atomic E-state index is 0.00192. The molecule has 5 heteroatoms. The Morgan fingerprint density at radius 1 is 1.17 bits per heavy atom. The average Bonchev–Trinajstić information content (AvgIpc) is 3.15. The lowest BCUT2D eigenvalue weighted by molar-refractivity contribution is -0.119. The predicted molar refractivity (Wildman–Crippen MR) is 97.2 cm³/mol. The van der Waals surface area contributed by atoms with Crippen LogP contribution >= 0.6 is 11.8 Å². The van der Waals surface area contributed by atoms with Crippen LogP contribution in [0.15, 0.2) is 54.7 Å². The molecule has 0 bridgehead atoms. The van der Waals surface area contributed by atoms with Gasteiger partial charge in [0.15, 0.2) is 0 Å². The zero-order chi connectivity index (χ0) is 16.5. The molecule has 4 rings (SSSR count). The largest absolute Gasteiger partial charge is 0.508 e. The summed E-state index contributed by atoms with van der Waals surface area (Å²) in [4.78, 5) is 11.9. The second-order valence-corrected chi connectivity index (χ2v) is 7.20. The number of hydrogen-bond acceptors (Lipinski definition) is 3. The summed E-state index contributed by atoms with van der Waals surface area (Å²) in [6.45, 7) is 0.741. The van der Waals surface area contributed by atoms with Gasteiger partial charge >= 0.3 is 0 Å². The van der Waals surface area contributed by atoms with Gasteiger partial charge in [-0.25, -0.2) is 0 Å². The number of carbonyl (C=O) groups is 1. The van der Waals surface area contributed by atoms with Crippen molar-refractivity contribution in [3.63, 3.8) is 0 Å². The Balaban J connectivity index is 1.68. The van der Waals surface area contributed by atoms with Gasteiger partial charge in [-0.15, -0.1) is 11.8 Å². The average molecular weight is 338 g/mol. The van der Waals surface area contributed by atoms with Crippen LogP contribution < -0.4 is 5.32 Å². The van der Waals surface area contributed by atoms with Gasteiger partial charge in [-0.05, 0) is 35.7 Å². The molecule has 2 heterocycles. The van der Waals surface area contributed by atoms with Gasteiger partial charge in [0.2, 0.25) is 5.91 Å². The number of carbonyl (C=O) groups excluding carboxylic acids is 1. The molecule has 0 radical (unpaired) electrons. The third-order valence-corrected chi connectivity index (χ3v) is 5.48. The number of phenols is 1. The summed E-state index contributed by atoms with van der Waals surface area (Å²) in [5.41, 5.74) is 3.51. The second-order valence-electron chi connectivity index (χ2n) is 6.01. The summed E-state index contributed by atoms with van der Waals surface area (Å²) < 4.78 is 2.22. The fourth-order valence-corrected chi connectivity index (χ4v) is 4.13. The first-order valence-electron chi connectivity index (χ1n) is 7.95. The van der Waals surface area contributed by atoms with Crippen LogP contribution in [0.3, 0.4) is 0 Å². The summed E-state index contributed by atoms with van der Waals surface area (Å²) in [6, 6.07) is 15.6. The van der Waals surface area contributed by atoms with E-state index in [1.807, 2.05) is 24.3 Å². The van der Waals surface area contributed by atoms with Crippen molar-refractivity contribution in [2.45, 2.75) is 18.2 Å². The molecule has 1 amide bonds. The number of amides is 1. The Kier molecular flexibility index (Phi) is 3.94. The van der Waals surface area contributed by atoms with Crippen molar-refractivity contribution in [1.29, 1.82) is 0 Å². The summed E-state index contributed by atoms with van der Waals surface area (Å²) in [6.07, 6.45) is 2.91. The van der Waals surface area contributed by atoms with Gasteiger partial charge in [-0.1, -0.05) is 30.3 Å². The molecule has 2 aromatic carbocycles. The number of aromatic nitrogens is 1. The first kappa shape index (κ1) is 15.1. The van der Waals surface area contributed by atoms with Gasteiger partial charge in [-0.2, -0.15) is 0 Å². The number of para-hydroxylation sites is 1. The highest BCUT2D eigenvalue weighted by atomic mass is 32.2.